The molecule has 0 amide bonds. The summed E-state index contributed by atoms with van der Waals surface area (Å²) in [6, 6.07) is 6.98. The van der Waals surface area contributed by atoms with E-state index in [1.165, 1.54) is 48.8 Å². The second-order valence-corrected chi connectivity index (χ2v) is 7.61. The highest BCUT2D eigenvalue weighted by atomic mass is 14.8. The van der Waals surface area contributed by atoms with E-state index >= 15 is 0 Å². The summed E-state index contributed by atoms with van der Waals surface area (Å²) in [7, 11) is 0. The molecule has 0 unspecified atom stereocenters. The number of aryl methyl sites for hydroxylation is 2. The minimum absolute atomic E-state index is 0.0236. The van der Waals surface area contributed by atoms with E-state index in [-0.39, 0.29) is 5.54 Å². The van der Waals surface area contributed by atoms with Crippen LogP contribution in [0.15, 0.2) is 18.2 Å². The number of rotatable bonds is 1. The van der Waals surface area contributed by atoms with Crippen LogP contribution in [0.2, 0.25) is 0 Å². The van der Waals surface area contributed by atoms with Crippen molar-refractivity contribution in [3.8, 4) is 0 Å². The van der Waals surface area contributed by atoms with Gasteiger partial charge in [0.2, 0.25) is 0 Å². The van der Waals surface area contributed by atoms with Gasteiger partial charge in [0, 0.05) is 5.54 Å². The Morgan fingerprint density at radius 2 is 1.32 bits per heavy atom. The minimum atomic E-state index is -0.0236. The molecule has 2 N–H and O–H groups in total. The summed E-state index contributed by atoms with van der Waals surface area (Å²) in [5.41, 5.74) is 11.2. The van der Waals surface area contributed by atoms with Gasteiger partial charge in [0.25, 0.3) is 0 Å². The van der Waals surface area contributed by atoms with E-state index in [9.17, 15) is 0 Å². The van der Waals surface area contributed by atoms with Gasteiger partial charge in [-0.05, 0) is 75.2 Å². The van der Waals surface area contributed by atoms with Crippen LogP contribution in [0.25, 0.3) is 0 Å². The number of nitrogens with two attached hydrogens (primary N) is 1. The van der Waals surface area contributed by atoms with E-state index < -0.39 is 0 Å². The van der Waals surface area contributed by atoms with Crippen molar-refractivity contribution >= 4 is 0 Å². The van der Waals surface area contributed by atoms with Gasteiger partial charge in [0.1, 0.15) is 0 Å². The number of hydrogen-bond acceptors (Lipinski definition) is 1. The Kier molecular flexibility index (Phi) is 2.42. The van der Waals surface area contributed by atoms with Crippen molar-refractivity contribution < 1.29 is 0 Å². The van der Waals surface area contributed by atoms with Gasteiger partial charge in [-0.2, -0.15) is 0 Å². The number of benzene rings is 1. The van der Waals surface area contributed by atoms with Gasteiger partial charge in [-0.1, -0.05) is 29.3 Å². The fourth-order valence-electron chi connectivity index (χ4n) is 5.66. The predicted molar refractivity (Wildman–Crippen MR) is 78.8 cm³/mol. The molecule has 0 saturated heterocycles. The first-order valence-corrected chi connectivity index (χ1v) is 7.93. The zero-order valence-corrected chi connectivity index (χ0v) is 12.2. The summed E-state index contributed by atoms with van der Waals surface area (Å²) in [6.45, 7) is 4.41. The molecule has 4 aliphatic rings. The van der Waals surface area contributed by atoms with Gasteiger partial charge in [-0.15, -0.1) is 0 Å². The number of hydrogen-bond donors (Lipinski definition) is 1. The molecule has 4 fully saturated rings. The van der Waals surface area contributed by atoms with E-state index in [0.29, 0.717) is 0 Å². The Morgan fingerprint density at radius 1 is 0.842 bits per heavy atom. The summed E-state index contributed by atoms with van der Waals surface area (Å²) >= 11 is 0. The summed E-state index contributed by atoms with van der Waals surface area (Å²) in [4.78, 5) is 0. The zero-order valence-electron chi connectivity index (χ0n) is 12.2. The molecule has 4 aliphatic carbocycles. The van der Waals surface area contributed by atoms with Crippen LogP contribution in [0, 0.1) is 37.5 Å². The second-order valence-electron chi connectivity index (χ2n) is 7.61. The van der Waals surface area contributed by atoms with E-state index in [0.717, 1.165) is 23.7 Å². The average Bonchev–Trinajstić information content (AvgIpc) is 2.33. The first-order valence-electron chi connectivity index (χ1n) is 7.93. The normalized spacial score (nSPS) is 43.7. The molecule has 4 bridgehead atoms. The molecule has 4 saturated carbocycles. The first kappa shape index (κ1) is 12.0. The van der Waals surface area contributed by atoms with Crippen molar-refractivity contribution in [3.63, 3.8) is 0 Å². The van der Waals surface area contributed by atoms with E-state index in [1.807, 2.05) is 0 Å². The Bertz CT molecular complexity index is 468. The highest BCUT2D eigenvalue weighted by Crippen LogP contribution is 2.60. The lowest BCUT2D eigenvalue weighted by molar-refractivity contribution is -0.0584. The maximum atomic E-state index is 7.05. The zero-order chi connectivity index (χ0) is 13.2. The van der Waals surface area contributed by atoms with Crippen LogP contribution in [0.3, 0.4) is 0 Å². The molecule has 1 aromatic rings. The standard InChI is InChI=1S/C18H25N/c1-11-3-12(2)5-15(4-11)18(19)16-7-13-6-14(9-16)10-17(18)8-13/h3-5,13-14,16-17H,6-10,19H2,1-2H3. The SMILES string of the molecule is Cc1cc(C)cc(C2(N)C3CC4CC(C3)CC2C4)c1. The predicted octanol–water partition coefficient (Wildman–Crippen LogP) is 3.91. The van der Waals surface area contributed by atoms with Crippen molar-refractivity contribution in [2.75, 3.05) is 0 Å². The van der Waals surface area contributed by atoms with Crippen LogP contribution in [-0.2, 0) is 5.54 Å². The van der Waals surface area contributed by atoms with Gasteiger partial charge in [0.15, 0.2) is 0 Å². The fourth-order valence-corrected chi connectivity index (χ4v) is 5.66. The van der Waals surface area contributed by atoms with Crippen LogP contribution in [-0.4, -0.2) is 0 Å². The smallest absolute Gasteiger partial charge is 0.0467 e. The molecule has 5 rings (SSSR count). The quantitative estimate of drug-likeness (QED) is 0.809. The molecular weight excluding hydrogens is 230 g/mol. The van der Waals surface area contributed by atoms with Crippen LogP contribution in [0.1, 0.15) is 48.8 Å². The maximum absolute atomic E-state index is 7.05. The van der Waals surface area contributed by atoms with Crippen molar-refractivity contribution in [2.24, 2.45) is 29.4 Å². The van der Waals surface area contributed by atoms with Crippen molar-refractivity contribution in [1.29, 1.82) is 0 Å². The Hall–Kier alpha value is -0.820. The van der Waals surface area contributed by atoms with Gasteiger partial charge in [0.05, 0.1) is 0 Å². The maximum Gasteiger partial charge on any atom is 0.0467 e. The Labute approximate surface area is 116 Å². The topological polar surface area (TPSA) is 26.0 Å². The van der Waals surface area contributed by atoms with E-state index in [2.05, 4.69) is 32.0 Å². The average molecular weight is 255 g/mol. The molecule has 0 atom stereocenters. The van der Waals surface area contributed by atoms with Crippen LogP contribution in [0.4, 0.5) is 0 Å². The molecule has 0 radical (unpaired) electrons. The van der Waals surface area contributed by atoms with Gasteiger partial charge < -0.3 is 5.73 Å². The summed E-state index contributed by atoms with van der Waals surface area (Å²) in [6.07, 6.45) is 7.04. The summed E-state index contributed by atoms with van der Waals surface area (Å²) < 4.78 is 0. The lowest BCUT2D eigenvalue weighted by Gasteiger charge is -2.60. The first-order chi connectivity index (χ1) is 9.05. The molecule has 19 heavy (non-hydrogen) atoms. The summed E-state index contributed by atoms with van der Waals surface area (Å²) in [5, 5.41) is 0. The highest BCUT2D eigenvalue weighted by Gasteiger charge is 2.55. The van der Waals surface area contributed by atoms with Crippen molar-refractivity contribution in [2.45, 2.75) is 51.5 Å². The van der Waals surface area contributed by atoms with Crippen molar-refractivity contribution in [3.05, 3.63) is 34.9 Å². The molecule has 102 valence electrons. The molecule has 0 heterocycles. The lowest BCUT2D eigenvalue weighted by Crippen LogP contribution is -2.60. The minimum Gasteiger partial charge on any atom is -0.321 e. The van der Waals surface area contributed by atoms with Crippen LogP contribution < -0.4 is 5.73 Å². The van der Waals surface area contributed by atoms with Gasteiger partial charge in [-0.3, -0.25) is 0 Å². The fraction of sp³-hybridized carbons (Fsp3) is 0.667. The second kappa shape index (κ2) is 3.85. The van der Waals surface area contributed by atoms with Gasteiger partial charge >= 0.3 is 0 Å². The largest absolute Gasteiger partial charge is 0.321 e. The van der Waals surface area contributed by atoms with Gasteiger partial charge in [-0.25, -0.2) is 0 Å². The molecule has 0 aromatic heterocycles. The summed E-state index contributed by atoms with van der Waals surface area (Å²) in [5.74, 6) is 3.46. The third-order valence-corrected chi connectivity index (χ3v) is 6.21. The lowest BCUT2D eigenvalue weighted by atomic mass is 9.47. The third kappa shape index (κ3) is 1.64. The molecule has 0 spiro atoms. The monoisotopic (exact) mass is 255 g/mol. The van der Waals surface area contributed by atoms with Crippen LogP contribution >= 0.6 is 0 Å². The Balaban J connectivity index is 1.80. The molecule has 1 heteroatoms. The van der Waals surface area contributed by atoms with Crippen LogP contribution in [0.5, 0.6) is 0 Å². The molecule has 1 aromatic carbocycles. The van der Waals surface area contributed by atoms with Crippen molar-refractivity contribution in [1.82, 2.24) is 0 Å². The molecular formula is C18H25N. The van der Waals surface area contributed by atoms with E-state index in [4.69, 9.17) is 5.73 Å². The molecule has 0 aliphatic heterocycles. The third-order valence-electron chi connectivity index (χ3n) is 6.21. The Morgan fingerprint density at radius 3 is 1.79 bits per heavy atom. The van der Waals surface area contributed by atoms with E-state index in [1.54, 1.807) is 0 Å². The molecule has 1 nitrogen and oxygen atoms in total. The highest BCUT2D eigenvalue weighted by molar-refractivity contribution is 5.36.